The predicted octanol–water partition coefficient (Wildman–Crippen LogP) is 2.45. The first-order valence-corrected chi connectivity index (χ1v) is 7.77. The van der Waals surface area contributed by atoms with E-state index in [0.717, 1.165) is 11.3 Å². The van der Waals surface area contributed by atoms with Crippen LogP contribution in [0.5, 0.6) is 0 Å². The molecule has 0 aliphatic rings. The van der Waals surface area contributed by atoms with Gasteiger partial charge in [-0.2, -0.15) is 8.78 Å². The van der Waals surface area contributed by atoms with Crippen LogP contribution >= 0.6 is 11.3 Å². The molecule has 0 radical (unpaired) electrons. The molecule has 1 aromatic rings. The molecule has 0 saturated carbocycles. The van der Waals surface area contributed by atoms with Crippen LogP contribution in [0.4, 0.5) is 13.8 Å². The first kappa shape index (κ1) is 15.8. The van der Waals surface area contributed by atoms with Gasteiger partial charge in [0.15, 0.2) is 0 Å². The van der Waals surface area contributed by atoms with Gasteiger partial charge in [0.25, 0.3) is 10.0 Å². The van der Waals surface area contributed by atoms with Gasteiger partial charge in [0.1, 0.15) is 5.00 Å². The van der Waals surface area contributed by atoms with E-state index < -0.39 is 21.8 Å². The van der Waals surface area contributed by atoms with E-state index in [1.807, 2.05) is 0 Å². The average molecular weight is 313 g/mol. The number of alkyl halides is 2. The Kier molecular flexibility index (Phi) is 5.24. The molecule has 0 atom stereocenters. The molecule has 0 fully saturated rings. The van der Waals surface area contributed by atoms with Crippen molar-refractivity contribution >= 4 is 32.3 Å². The van der Waals surface area contributed by atoms with Crippen molar-refractivity contribution in [2.45, 2.75) is 26.0 Å². The molecule has 0 unspecified atom stereocenters. The molecule has 0 aromatic carbocycles. The number of esters is 1. The fraction of sp³-hybridized carbons (Fsp3) is 0.500. The summed E-state index contributed by atoms with van der Waals surface area (Å²) < 4.78 is 53.3. The first-order valence-electron chi connectivity index (χ1n) is 5.41. The lowest BCUT2D eigenvalue weighted by Crippen LogP contribution is -2.21. The van der Waals surface area contributed by atoms with Gasteiger partial charge in [-0.15, -0.1) is 11.3 Å². The van der Waals surface area contributed by atoms with Gasteiger partial charge >= 0.3 is 11.7 Å². The number of hydrogen-bond donors (Lipinski definition) is 1. The molecule has 0 bridgehead atoms. The predicted molar refractivity (Wildman–Crippen MR) is 68.2 cm³/mol. The quantitative estimate of drug-likeness (QED) is 0.819. The zero-order valence-electron chi connectivity index (χ0n) is 10.3. The monoisotopic (exact) mass is 313 g/mol. The van der Waals surface area contributed by atoms with E-state index in [1.165, 1.54) is 6.07 Å². The van der Waals surface area contributed by atoms with Crippen LogP contribution < -0.4 is 4.72 Å². The number of thiophene rings is 1. The Hall–Kier alpha value is -1.22. The van der Waals surface area contributed by atoms with Gasteiger partial charge in [0, 0.05) is 4.88 Å². The highest BCUT2D eigenvalue weighted by atomic mass is 32.2. The summed E-state index contributed by atoms with van der Waals surface area (Å²) >= 11 is 0.934. The van der Waals surface area contributed by atoms with Gasteiger partial charge in [-0.3, -0.25) is 4.72 Å². The molecule has 1 aromatic heterocycles. The van der Waals surface area contributed by atoms with Crippen molar-refractivity contribution in [2.24, 2.45) is 0 Å². The van der Waals surface area contributed by atoms with E-state index in [2.05, 4.69) is 0 Å². The van der Waals surface area contributed by atoms with Crippen molar-refractivity contribution in [2.75, 3.05) is 11.3 Å². The van der Waals surface area contributed by atoms with E-state index in [-0.39, 0.29) is 17.2 Å². The summed E-state index contributed by atoms with van der Waals surface area (Å²) in [6, 6.07) is 1.44. The van der Waals surface area contributed by atoms with Crippen LogP contribution in [0.3, 0.4) is 0 Å². The zero-order valence-corrected chi connectivity index (χ0v) is 11.9. The highest BCUT2D eigenvalue weighted by Crippen LogP contribution is 2.30. The lowest BCUT2D eigenvalue weighted by molar-refractivity contribution is 0.0528. The van der Waals surface area contributed by atoms with Crippen molar-refractivity contribution in [3.63, 3.8) is 0 Å². The van der Waals surface area contributed by atoms with Crippen LogP contribution in [-0.2, 0) is 21.2 Å². The molecular formula is C10H13F2NO4S2. The third-order valence-corrected chi connectivity index (χ3v) is 4.38. The zero-order chi connectivity index (χ0) is 14.6. The number of nitrogens with one attached hydrogen (secondary N) is 1. The van der Waals surface area contributed by atoms with E-state index >= 15 is 0 Å². The smallest absolute Gasteiger partial charge is 0.355 e. The highest BCUT2D eigenvalue weighted by molar-refractivity contribution is 7.93. The molecule has 1 rings (SSSR count). The summed E-state index contributed by atoms with van der Waals surface area (Å²) in [6.45, 7) is 3.50. The normalized spacial score (nSPS) is 11.6. The molecule has 0 amide bonds. The molecule has 9 heteroatoms. The number of rotatable bonds is 6. The van der Waals surface area contributed by atoms with Crippen molar-refractivity contribution in [3.05, 3.63) is 16.5 Å². The Bertz CT molecular complexity index is 554. The number of hydrogen-bond acceptors (Lipinski definition) is 5. The number of carbonyl (C=O) groups excluding carboxylic acids is 1. The van der Waals surface area contributed by atoms with Crippen LogP contribution in [-0.4, -0.2) is 26.8 Å². The summed E-state index contributed by atoms with van der Waals surface area (Å²) in [4.78, 5) is 12.3. The fourth-order valence-electron chi connectivity index (χ4n) is 1.23. The summed E-state index contributed by atoms with van der Waals surface area (Å²) in [6.07, 6.45) is 0.549. The van der Waals surface area contributed by atoms with E-state index in [0.29, 0.717) is 11.3 Å². The number of halogens is 2. The molecule has 1 N–H and O–H groups in total. The van der Waals surface area contributed by atoms with Gasteiger partial charge in [-0.25, -0.2) is 13.2 Å². The summed E-state index contributed by atoms with van der Waals surface area (Å²) in [7, 11) is -4.80. The summed E-state index contributed by atoms with van der Waals surface area (Å²) in [5.41, 5.74) is -0.0482. The van der Waals surface area contributed by atoms with E-state index in [4.69, 9.17) is 4.74 Å². The summed E-state index contributed by atoms with van der Waals surface area (Å²) in [5.74, 6) is -4.31. The highest BCUT2D eigenvalue weighted by Gasteiger charge is 2.27. The van der Waals surface area contributed by atoms with Gasteiger partial charge < -0.3 is 4.74 Å². The van der Waals surface area contributed by atoms with Crippen LogP contribution in [0.15, 0.2) is 6.07 Å². The second-order valence-electron chi connectivity index (χ2n) is 3.44. The standard InChI is InChI=1S/C10H13F2NO4S2/c1-3-6-5-7(9(14)17-4-2)8(18-6)13-19(15,16)10(11)12/h5,10,13H,3-4H2,1-2H3. The lowest BCUT2D eigenvalue weighted by Gasteiger charge is -2.07. The topological polar surface area (TPSA) is 72.5 Å². The molecule has 0 spiro atoms. The molecule has 5 nitrogen and oxygen atoms in total. The molecule has 108 valence electrons. The van der Waals surface area contributed by atoms with Crippen molar-refractivity contribution in [1.29, 1.82) is 0 Å². The first-order chi connectivity index (χ1) is 8.81. The van der Waals surface area contributed by atoms with Crippen molar-refractivity contribution in [3.8, 4) is 0 Å². The lowest BCUT2D eigenvalue weighted by atomic mass is 10.2. The average Bonchev–Trinajstić information content (AvgIpc) is 2.71. The molecule has 19 heavy (non-hydrogen) atoms. The second kappa shape index (κ2) is 6.29. The number of sulfonamides is 1. The minimum absolute atomic E-state index is 0.0482. The minimum Gasteiger partial charge on any atom is -0.462 e. The molecule has 0 saturated heterocycles. The van der Waals surface area contributed by atoms with Crippen LogP contribution in [0.25, 0.3) is 0 Å². The Labute approximate surface area is 113 Å². The van der Waals surface area contributed by atoms with Gasteiger partial charge in [0.05, 0.1) is 12.2 Å². The molecule has 0 aliphatic carbocycles. The maximum Gasteiger partial charge on any atom is 0.355 e. The largest absolute Gasteiger partial charge is 0.462 e. The third kappa shape index (κ3) is 3.87. The number of anilines is 1. The van der Waals surface area contributed by atoms with E-state index in [9.17, 15) is 22.0 Å². The van der Waals surface area contributed by atoms with Crippen LogP contribution in [0, 0.1) is 0 Å². The Morgan fingerprint density at radius 1 is 1.47 bits per heavy atom. The van der Waals surface area contributed by atoms with Crippen LogP contribution in [0.2, 0.25) is 0 Å². The van der Waals surface area contributed by atoms with E-state index in [1.54, 1.807) is 18.6 Å². The SMILES string of the molecule is CCOC(=O)c1cc(CC)sc1NS(=O)(=O)C(F)F. The minimum atomic E-state index is -4.80. The van der Waals surface area contributed by atoms with Gasteiger partial charge in [0.2, 0.25) is 0 Å². The van der Waals surface area contributed by atoms with Crippen LogP contribution in [0.1, 0.15) is 29.1 Å². The second-order valence-corrected chi connectivity index (χ2v) is 6.22. The molecular weight excluding hydrogens is 300 g/mol. The summed E-state index contributed by atoms with van der Waals surface area (Å²) in [5, 5.41) is -0.143. The van der Waals surface area contributed by atoms with Crippen molar-refractivity contribution < 1.29 is 26.7 Å². The van der Waals surface area contributed by atoms with Crippen molar-refractivity contribution in [1.82, 2.24) is 0 Å². The number of ether oxygens (including phenoxy) is 1. The van der Waals surface area contributed by atoms with Gasteiger partial charge in [-0.1, -0.05) is 6.92 Å². The Balaban J connectivity index is 3.12. The number of aryl methyl sites for hydroxylation is 1. The number of carbonyl (C=O) groups is 1. The molecule has 0 aliphatic heterocycles. The fourth-order valence-corrected chi connectivity index (χ4v) is 3.03. The Morgan fingerprint density at radius 3 is 2.58 bits per heavy atom. The van der Waals surface area contributed by atoms with Gasteiger partial charge in [-0.05, 0) is 19.4 Å². The third-order valence-electron chi connectivity index (χ3n) is 2.10. The maximum absolute atomic E-state index is 12.3. The molecule has 1 heterocycles. The maximum atomic E-state index is 12.3. The Morgan fingerprint density at radius 2 is 2.11 bits per heavy atom.